The van der Waals surface area contributed by atoms with Crippen LogP contribution in [0.4, 0.5) is 0 Å². The van der Waals surface area contributed by atoms with Crippen molar-refractivity contribution in [1.29, 1.82) is 0 Å². The molecule has 1 aromatic rings. The summed E-state index contributed by atoms with van der Waals surface area (Å²) in [5.74, 6) is 5.38. The van der Waals surface area contributed by atoms with E-state index in [9.17, 15) is 0 Å². The highest BCUT2D eigenvalue weighted by molar-refractivity contribution is 8.00. The van der Waals surface area contributed by atoms with Gasteiger partial charge in [-0.05, 0) is 68.4 Å². The molecule has 1 unspecified atom stereocenters. The molecule has 112 valence electrons. The van der Waals surface area contributed by atoms with Crippen LogP contribution in [-0.4, -0.2) is 22.6 Å². The van der Waals surface area contributed by atoms with Crippen LogP contribution >= 0.6 is 11.8 Å². The zero-order valence-electron chi connectivity index (χ0n) is 12.9. The Balaban J connectivity index is 1.50. The van der Waals surface area contributed by atoms with Gasteiger partial charge in [-0.15, -0.1) is 11.8 Å². The van der Waals surface area contributed by atoms with E-state index in [0.717, 1.165) is 23.7 Å². The van der Waals surface area contributed by atoms with Crippen molar-refractivity contribution in [2.75, 3.05) is 12.8 Å². The first kappa shape index (κ1) is 13.0. The maximum Gasteiger partial charge on any atom is 0.0730 e. The molecule has 0 radical (unpaired) electrons. The standard InChI is InChI=1S/C19H25NS/c1-20-18(15-5-3-2-4-6-15)12-21-19(20)16-8-13-7-14(10-16)11-17(19)9-13/h2-6,13-14,16-18H,7-12H2,1H3. The van der Waals surface area contributed by atoms with Gasteiger partial charge in [0.2, 0.25) is 0 Å². The van der Waals surface area contributed by atoms with Gasteiger partial charge in [-0.3, -0.25) is 4.90 Å². The molecule has 5 fully saturated rings. The molecule has 5 aliphatic rings. The van der Waals surface area contributed by atoms with Crippen LogP contribution in [0.1, 0.15) is 43.7 Å². The van der Waals surface area contributed by atoms with Gasteiger partial charge in [0.25, 0.3) is 0 Å². The molecule has 1 spiro atoms. The van der Waals surface area contributed by atoms with Crippen LogP contribution in [0.25, 0.3) is 0 Å². The summed E-state index contributed by atoms with van der Waals surface area (Å²) in [5.41, 5.74) is 1.53. The molecule has 1 heterocycles. The van der Waals surface area contributed by atoms with E-state index in [4.69, 9.17) is 0 Å². The minimum absolute atomic E-state index is 0.480. The quantitative estimate of drug-likeness (QED) is 0.748. The van der Waals surface area contributed by atoms with Crippen LogP contribution in [0.5, 0.6) is 0 Å². The summed E-state index contributed by atoms with van der Waals surface area (Å²) in [6, 6.07) is 11.8. The van der Waals surface area contributed by atoms with Crippen LogP contribution in [0.15, 0.2) is 30.3 Å². The largest absolute Gasteiger partial charge is 0.284 e. The van der Waals surface area contributed by atoms with Crippen LogP contribution in [0.2, 0.25) is 0 Å². The summed E-state index contributed by atoms with van der Waals surface area (Å²) in [5, 5.41) is 0. The van der Waals surface area contributed by atoms with Crippen molar-refractivity contribution in [1.82, 2.24) is 4.90 Å². The van der Waals surface area contributed by atoms with E-state index in [1.165, 1.54) is 37.0 Å². The lowest BCUT2D eigenvalue weighted by molar-refractivity contribution is -0.0807. The molecule has 1 nitrogen and oxygen atoms in total. The van der Waals surface area contributed by atoms with Crippen molar-refractivity contribution in [3.63, 3.8) is 0 Å². The smallest absolute Gasteiger partial charge is 0.0730 e. The number of rotatable bonds is 1. The third-order valence-electron chi connectivity index (χ3n) is 6.98. The molecule has 4 aliphatic carbocycles. The number of hydrogen-bond donors (Lipinski definition) is 0. The number of thioether (sulfide) groups is 1. The molecule has 0 amide bonds. The summed E-state index contributed by atoms with van der Waals surface area (Å²) in [7, 11) is 2.43. The third-order valence-corrected chi connectivity index (χ3v) is 8.88. The van der Waals surface area contributed by atoms with Crippen LogP contribution in [0, 0.1) is 23.7 Å². The Labute approximate surface area is 132 Å². The first-order valence-electron chi connectivity index (χ1n) is 8.69. The predicted molar refractivity (Wildman–Crippen MR) is 89.2 cm³/mol. The monoisotopic (exact) mass is 299 g/mol. The Morgan fingerprint density at radius 2 is 1.57 bits per heavy atom. The molecule has 4 saturated carbocycles. The van der Waals surface area contributed by atoms with Crippen molar-refractivity contribution in [3.05, 3.63) is 35.9 Å². The van der Waals surface area contributed by atoms with Gasteiger partial charge in [0.15, 0.2) is 0 Å². The van der Waals surface area contributed by atoms with Gasteiger partial charge >= 0.3 is 0 Å². The van der Waals surface area contributed by atoms with Gasteiger partial charge < -0.3 is 0 Å². The Hall–Kier alpha value is -0.470. The maximum atomic E-state index is 2.81. The van der Waals surface area contributed by atoms with E-state index >= 15 is 0 Å². The zero-order valence-corrected chi connectivity index (χ0v) is 13.7. The summed E-state index contributed by atoms with van der Waals surface area (Å²) in [6.45, 7) is 0. The minimum Gasteiger partial charge on any atom is -0.284 e. The van der Waals surface area contributed by atoms with E-state index in [-0.39, 0.29) is 0 Å². The average Bonchev–Trinajstić information content (AvgIpc) is 2.83. The lowest BCUT2D eigenvalue weighted by Gasteiger charge is -2.62. The second-order valence-corrected chi connectivity index (χ2v) is 9.18. The predicted octanol–water partition coefficient (Wildman–Crippen LogP) is 4.56. The molecule has 0 aromatic heterocycles. The minimum atomic E-state index is 0.480. The zero-order chi connectivity index (χ0) is 14.0. The fourth-order valence-electron chi connectivity index (χ4n) is 6.34. The van der Waals surface area contributed by atoms with Gasteiger partial charge in [0.05, 0.1) is 4.87 Å². The van der Waals surface area contributed by atoms with Crippen molar-refractivity contribution in [2.24, 2.45) is 23.7 Å². The molecule has 4 bridgehead atoms. The van der Waals surface area contributed by atoms with E-state index < -0.39 is 0 Å². The molecule has 1 atom stereocenters. The Morgan fingerprint density at radius 3 is 2.19 bits per heavy atom. The molecular formula is C19H25NS. The topological polar surface area (TPSA) is 3.24 Å². The highest BCUT2D eigenvalue weighted by Gasteiger charge is 2.62. The summed E-state index contributed by atoms with van der Waals surface area (Å²) >= 11 is 2.32. The Bertz CT molecular complexity index is 512. The van der Waals surface area contributed by atoms with E-state index in [2.05, 4.69) is 54.0 Å². The average molecular weight is 299 g/mol. The van der Waals surface area contributed by atoms with Crippen LogP contribution < -0.4 is 0 Å². The lowest BCUT2D eigenvalue weighted by Crippen LogP contribution is -2.61. The van der Waals surface area contributed by atoms with Gasteiger partial charge in [0, 0.05) is 11.8 Å². The SMILES string of the molecule is CN1C(c2ccccc2)CSC12C1CC3CC(C1)CC2C3. The van der Waals surface area contributed by atoms with E-state index in [1.807, 2.05) is 0 Å². The molecular weight excluding hydrogens is 274 g/mol. The second kappa shape index (κ2) is 4.52. The number of benzene rings is 1. The summed E-state index contributed by atoms with van der Waals surface area (Å²) in [6.07, 6.45) is 7.63. The van der Waals surface area contributed by atoms with Crippen molar-refractivity contribution < 1.29 is 0 Å². The molecule has 0 N–H and O–H groups in total. The van der Waals surface area contributed by atoms with Gasteiger partial charge in [0.1, 0.15) is 0 Å². The van der Waals surface area contributed by atoms with Crippen LogP contribution in [0.3, 0.4) is 0 Å². The fourth-order valence-corrected chi connectivity index (χ4v) is 8.36. The molecule has 1 saturated heterocycles. The molecule has 6 rings (SSSR count). The van der Waals surface area contributed by atoms with Crippen molar-refractivity contribution >= 4 is 11.8 Å². The maximum absolute atomic E-state index is 2.81. The Morgan fingerprint density at radius 1 is 0.952 bits per heavy atom. The fraction of sp³-hybridized carbons (Fsp3) is 0.684. The number of nitrogens with zero attached hydrogens (tertiary/aromatic N) is 1. The highest BCUT2D eigenvalue weighted by Crippen LogP contribution is 2.67. The van der Waals surface area contributed by atoms with Gasteiger partial charge in [-0.1, -0.05) is 30.3 Å². The third kappa shape index (κ3) is 1.69. The number of hydrogen-bond acceptors (Lipinski definition) is 2. The first-order chi connectivity index (χ1) is 10.3. The summed E-state index contributed by atoms with van der Waals surface area (Å²) < 4.78 is 0. The molecule has 1 aromatic carbocycles. The van der Waals surface area contributed by atoms with E-state index in [1.54, 1.807) is 6.42 Å². The molecule has 1 aliphatic heterocycles. The Kier molecular flexibility index (Phi) is 2.80. The molecule has 2 heteroatoms. The lowest BCUT2D eigenvalue weighted by atomic mass is 9.53. The second-order valence-electron chi connectivity index (χ2n) is 7.90. The molecule has 21 heavy (non-hydrogen) atoms. The van der Waals surface area contributed by atoms with Gasteiger partial charge in [-0.25, -0.2) is 0 Å². The highest BCUT2D eigenvalue weighted by atomic mass is 32.2. The summed E-state index contributed by atoms with van der Waals surface area (Å²) in [4.78, 5) is 3.29. The van der Waals surface area contributed by atoms with Crippen molar-refractivity contribution in [3.8, 4) is 0 Å². The van der Waals surface area contributed by atoms with Crippen LogP contribution in [-0.2, 0) is 0 Å². The normalized spacial score (nSPS) is 48.3. The van der Waals surface area contributed by atoms with Crippen molar-refractivity contribution in [2.45, 2.75) is 43.0 Å². The van der Waals surface area contributed by atoms with E-state index in [0.29, 0.717) is 10.9 Å². The first-order valence-corrected chi connectivity index (χ1v) is 9.67. The van der Waals surface area contributed by atoms with Gasteiger partial charge in [-0.2, -0.15) is 0 Å².